The highest BCUT2D eigenvalue weighted by atomic mass is 32.1. The summed E-state index contributed by atoms with van der Waals surface area (Å²) in [6, 6.07) is 6.35. The first kappa shape index (κ1) is 19.5. The van der Waals surface area contributed by atoms with Crippen LogP contribution in [0.5, 0.6) is 0 Å². The maximum atomic E-state index is 9.12. The summed E-state index contributed by atoms with van der Waals surface area (Å²) in [5, 5.41) is 14.1. The van der Waals surface area contributed by atoms with Gasteiger partial charge in [0.05, 0.1) is 18.3 Å². The van der Waals surface area contributed by atoms with E-state index in [1.54, 1.807) is 12.3 Å². The van der Waals surface area contributed by atoms with E-state index in [4.69, 9.17) is 22.6 Å². The molecule has 0 spiro atoms. The lowest BCUT2D eigenvalue weighted by Gasteiger charge is -2.35. The SMILES string of the molecule is N#Cc1ccnc(N2CCN(Cn3nc(N4CCCCC4)n(C4CC4)c3=S)CC2)c1. The Morgan fingerprint density at radius 2 is 1.80 bits per heavy atom. The van der Waals surface area contributed by atoms with Gasteiger partial charge in [-0.15, -0.1) is 5.10 Å². The zero-order valence-corrected chi connectivity index (χ0v) is 18.1. The Bertz CT molecular complexity index is 987. The van der Waals surface area contributed by atoms with Crippen molar-refractivity contribution in [1.29, 1.82) is 5.26 Å². The molecule has 1 aliphatic carbocycles. The van der Waals surface area contributed by atoms with Crippen LogP contribution >= 0.6 is 12.2 Å². The average Bonchev–Trinajstić information content (AvgIpc) is 3.59. The molecular weight excluding hydrogens is 396 g/mol. The zero-order valence-electron chi connectivity index (χ0n) is 17.3. The summed E-state index contributed by atoms with van der Waals surface area (Å²) < 4.78 is 5.21. The third kappa shape index (κ3) is 3.94. The second kappa shape index (κ2) is 8.36. The summed E-state index contributed by atoms with van der Waals surface area (Å²) >= 11 is 5.85. The van der Waals surface area contributed by atoms with E-state index in [1.807, 2.05) is 10.7 Å². The molecule has 0 unspecified atom stereocenters. The molecule has 9 heteroatoms. The molecule has 0 atom stereocenters. The summed E-state index contributed by atoms with van der Waals surface area (Å²) in [6.07, 6.45) is 7.95. The van der Waals surface area contributed by atoms with E-state index in [0.29, 0.717) is 11.6 Å². The minimum absolute atomic E-state index is 0.540. The summed E-state index contributed by atoms with van der Waals surface area (Å²) in [5.41, 5.74) is 0.657. The number of hydrogen-bond donors (Lipinski definition) is 0. The van der Waals surface area contributed by atoms with E-state index in [-0.39, 0.29) is 0 Å². The molecule has 0 aromatic carbocycles. The smallest absolute Gasteiger partial charge is 0.226 e. The maximum Gasteiger partial charge on any atom is 0.226 e. The van der Waals surface area contributed by atoms with E-state index in [9.17, 15) is 0 Å². The Balaban J connectivity index is 1.27. The van der Waals surface area contributed by atoms with Crippen LogP contribution in [0.15, 0.2) is 18.3 Å². The van der Waals surface area contributed by atoms with Gasteiger partial charge in [-0.25, -0.2) is 9.67 Å². The third-order valence-corrected chi connectivity index (χ3v) is 6.72. The van der Waals surface area contributed by atoms with Gasteiger partial charge >= 0.3 is 0 Å². The molecule has 2 saturated heterocycles. The Kier molecular flexibility index (Phi) is 5.44. The third-order valence-electron chi connectivity index (χ3n) is 6.31. The fraction of sp³-hybridized carbons (Fsp3) is 0.619. The van der Waals surface area contributed by atoms with Crippen LogP contribution in [0.1, 0.15) is 43.7 Å². The molecular formula is C21H28N8S. The quantitative estimate of drug-likeness (QED) is 0.684. The van der Waals surface area contributed by atoms with Gasteiger partial charge in [-0.2, -0.15) is 5.26 Å². The van der Waals surface area contributed by atoms with Crippen molar-refractivity contribution in [2.24, 2.45) is 0 Å². The highest BCUT2D eigenvalue weighted by Crippen LogP contribution is 2.38. The fourth-order valence-electron chi connectivity index (χ4n) is 4.43. The molecule has 2 aliphatic heterocycles. The maximum absolute atomic E-state index is 9.12. The highest BCUT2D eigenvalue weighted by molar-refractivity contribution is 7.71. The fourth-order valence-corrected chi connectivity index (χ4v) is 4.76. The number of nitriles is 1. The van der Waals surface area contributed by atoms with Crippen LogP contribution in [0.2, 0.25) is 0 Å². The van der Waals surface area contributed by atoms with E-state index in [0.717, 1.165) is 62.5 Å². The minimum Gasteiger partial charge on any atom is -0.354 e. The zero-order chi connectivity index (χ0) is 20.5. The van der Waals surface area contributed by atoms with Gasteiger partial charge in [0.2, 0.25) is 10.7 Å². The monoisotopic (exact) mass is 424 g/mol. The lowest BCUT2D eigenvalue weighted by atomic mass is 10.1. The predicted octanol–water partition coefficient (Wildman–Crippen LogP) is 2.79. The van der Waals surface area contributed by atoms with Gasteiger partial charge in [-0.1, -0.05) is 0 Å². The number of anilines is 2. The Morgan fingerprint density at radius 1 is 1.03 bits per heavy atom. The number of hydrogen-bond acceptors (Lipinski definition) is 7. The van der Waals surface area contributed by atoms with Gasteiger partial charge in [0.15, 0.2) is 0 Å². The molecule has 0 amide bonds. The van der Waals surface area contributed by atoms with Crippen molar-refractivity contribution in [3.05, 3.63) is 28.7 Å². The second-order valence-electron chi connectivity index (χ2n) is 8.49. The van der Waals surface area contributed by atoms with Crippen molar-refractivity contribution in [3.8, 4) is 6.07 Å². The van der Waals surface area contributed by atoms with Crippen molar-refractivity contribution in [2.45, 2.75) is 44.8 Å². The summed E-state index contributed by atoms with van der Waals surface area (Å²) in [5.74, 6) is 1.97. The molecule has 3 aliphatic rings. The van der Waals surface area contributed by atoms with Crippen molar-refractivity contribution < 1.29 is 0 Å². The molecule has 8 nitrogen and oxygen atoms in total. The van der Waals surface area contributed by atoms with E-state index in [1.165, 1.54) is 32.1 Å². The van der Waals surface area contributed by atoms with Crippen molar-refractivity contribution in [3.63, 3.8) is 0 Å². The van der Waals surface area contributed by atoms with Crippen LogP contribution in [0, 0.1) is 16.1 Å². The summed E-state index contributed by atoms with van der Waals surface area (Å²) in [7, 11) is 0. The van der Waals surface area contributed by atoms with Gasteiger partial charge < -0.3 is 9.80 Å². The average molecular weight is 425 g/mol. The normalized spacial score (nSPS) is 20.4. The molecule has 4 heterocycles. The molecule has 5 rings (SSSR count). The molecule has 2 aromatic heterocycles. The summed E-state index contributed by atoms with van der Waals surface area (Å²) in [4.78, 5) is 11.5. The van der Waals surface area contributed by atoms with Crippen LogP contribution in [0.25, 0.3) is 0 Å². The van der Waals surface area contributed by atoms with Crippen molar-refractivity contribution in [1.82, 2.24) is 24.2 Å². The van der Waals surface area contributed by atoms with Gasteiger partial charge in [0, 0.05) is 51.5 Å². The first-order valence-electron chi connectivity index (χ1n) is 11.0. The molecule has 2 aromatic rings. The Hall–Kier alpha value is -2.44. The van der Waals surface area contributed by atoms with Crippen LogP contribution in [0.3, 0.4) is 0 Å². The number of piperidine rings is 1. The van der Waals surface area contributed by atoms with Crippen molar-refractivity contribution in [2.75, 3.05) is 49.1 Å². The lowest BCUT2D eigenvalue weighted by Crippen LogP contribution is -2.47. The van der Waals surface area contributed by atoms with Gasteiger partial charge in [-0.3, -0.25) is 9.47 Å². The molecule has 158 valence electrons. The first-order chi connectivity index (χ1) is 14.7. The van der Waals surface area contributed by atoms with Crippen LogP contribution < -0.4 is 9.80 Å². The Morgan fingerprint density at radius 3 is 2.50 bits per heavy atom. The van der Waals surface area contributed by atoms with Gasteiger partial charge in [0.1, 0.15) is 5.82 Å². The van der Waals surface area contributed by atoms with Crippen LogP contribution in [-0.4, -0.2) is 63.5 Å². The van der Waals surface area contributed by atoms with E-state index < -0.39 is 0 Å². The summed E-state index contributed by atoms with van der Waals surface area (Å²) in [6.45, 7) is 6.54. The van der Waals surface area contributed by atoms with Crippen molar-refractivity contribution >= 4 is 24.0 Å². The molecule has 30 heavy (non-hydrogen) atoms. The Labute approximate surface area is 182 Å². The molecule has 0 bridgehead atoms. The molecule has 0 N–H and O–H groups in total. The molecule has 1 saturated carbocycles. The topological polar surface area (TPSA) is 69.2 Å². The number of aromatic nitrogens is 4. The number of nitrogens with zero attached hydrogens (tertiary/aromatic N) is 8. The second-order valence-corrected chi connectivity index (χ2v) is 8.86. The number of piperazine rings is 1. The van der Waals surface area contributed by atoms with E-state index >= 15 is 0 Å². The number of pyridine rings is 1. The largest absolute Gasteiger partial charge is 0.354 e. The predicted molar refractivity (Wildman–Crippen MR) is 118 cm³/mol. The lowest BCUT2D eigenvalue weighted by molar-refractivity contribution is 0.193. The minimum atomic E-state index is 0.540. The van der Waals surface area contributed by atoms with Crippen LogP contribution in [0.4, 0.5) is 11.8 Å². The molecule has 3 fully saturated rings. The highest BCUT2D eigenvalue weighted by Gasteiger charge is 2.31. The standard InChI is InChI=1S/C21H28N8S/c22-15-17-6-7-23-19(14-17)26-12-10-25(11-13-26)16-28-21(30)29(18-4-5-18)20(24-28)27-8-2-1-3-9-27/h6-7,14,18H,1-5,8-13,16H2. The van der Waals surface area contributed by atoms with Gasteiger partial charge in [0.25, 0.3) is 0 Å². The first-order valence-corrected chi connectivity index (χ1v) is 11.4. The van der Waals surface area contributed by atoms with Crippen LogP contribution in [-0.2, 0) is 6.67 Å². The van der Waals surface area contributed by atoms with Gasteiger partial charge in [-0.05, 0) is 56.5 Å². The number of rotatable bonds is 5. The molecule has 0 radical (unpaired) electrons. The van der Waals surface area contributed by atoms with E-state index in [2.05, 4.69) is 30.3 Å².